The number of aliphatic hydroxyl groups is 2. The van der Waals surface area contributed by atoms with Crippen LogP contribution in [-0.2, 0) is 15.0 Å². The second-order valence-electron chi connectivity index (χ2n) is 7.53. The van der Waals surface area contributed by atoms with E-state index in [1.807, 2.05) is 24.3 Å². The van der Waals surface area contributed by atoms with Crippen LogP contribution < -0.4 is 9.47 Å². The third-order valence-corrected chi connectivity index (χ3v) is 4.66. The summed E-state index contributed by atoms with van der Waals surface area (Å²) in [5.74, 6) is -0.874. The van der Waals surface area contributed by atoms with Crippen LogP contribution in [0.1, 0.15) is 37.8 Å². The summed E-state index contributed by atoms with van der Waals surface area (Å²) in [4.78, 5) is 19.1. The van der Waals surface area contributed by atoms with Gasteiger partial charge in [-0.2, -0.15) is 0 Å². The molecule has 0 aromatic heterocycles. The molecule has 0 bridgehead atoms. The molecule has 0 radical (unpaired) electrons. The van der Waals surface area contributed by atoms with Gasteiger partial charge < -0.3 is 29.9 Å². The highest BCUT2D eigenvalue weighted by Gasteiger charge is 2.23. The van der Waals surface area contributed by atoms with Gasteiger partial charge in [-0.15, -0.1) is 0 Å². The lowest BCUT2D eigenvalue weighted by molar-refractivity contribution is -0.134. The van der Waals surface area contributed by atoms with E-state index in [1.165, 1.54) is 11.1 Å². The third-order valence-electron chi connectivity index (χ3n) is 4.66. The molecule has 0 amide bonds. The fraction of sp³-hybridized carbons (Fsp3) is 0.360. The van der Waals surface area contributed by atoms with E-state index in [1.54, 1.807) is 0 Å². The van der Waals surface area contributed by atoms with Gasteiger partial charge in [0, 0.05) is 43.6 Å². The van der Waals surface area contributed by atoms with Crippen molar-refractivity contribution in [2.75, 3.05) is 26.4 Å². The number of rotatable bonds is 12. The molecule has 33 heavy (non-hydrogen) atoms. The Balaban J connectivity index is 0.000000582. The highest BCUT2D eigenvalue weighted by atomic mass is 16.5. The molecule has 0 aliphatic carbocycles. The minimum atomic E-state index is -1.26. The van der Waals surface area contributed by atoms with Crippen LogP contribution in [0.2, 0.25) is 0 Å². The van der Waals surface area contributed by atoms with Crippen LogP contribution in [0.25, 0.3) is 0 Å². The van der Waals surface area contributed by atoms with Gasteiger partial charge in [-0.1, -0.05) is 38.1 Å². The Morgan fingerprint density at radius 3 is 1.33 bits per heavy atom. The molecule has 0 aliphatic heterocycles. The maximum Gasteiger partial charge on any atom is 0.328 e. The lowest BCUT2D eigenvalue weighted by Gasteiger charge is -2.26. The summed E-state index contributed by atoms with van der Waals surface area (Å²) >= 11 is 0. The molecule has 8 nitrogen and oxygen atoms in total. The van der Waals surface area contributed by atoms with Gasteiger partial charge >= 0.3 is 11.9 Å². The normalized spacial score (nSPS) is 10.9. The second kappa shape index (κ2) is 14.7. The number of benzene rings is 2. The van der Waals surface area contributed by atoms with Crippen LogP contribution >= 0.6 is 0 Å². The molecule has 0 heterocycles. The maximum atomic E-state index is 9.55. The smallest absolute Gasteiger partial charge is 0.328 e. The van der Waals surface area contributed by atoms with Crippen LogP contribution in [0.15, 0.2) is 60.7 Å². The number of carbonyl (C=O) groups is 2. The molecule has 180 valence electrons. The molecule has 0 atom stereocenters. The summed E-state index contributed by atoms with van der Waals surface area (Å²) in [5, 5.41) is 33.2. The van der Waals surface area contributed by atoms with Gasteiger partial charge in [0.15, 0.2) is 0 Å². The molecule has 0 unspecified atom stereocenters. The maximum absolute atomic E-state index is 9.55. The number of ether oxygens (including phenoxy) is 2. The van der Waals surface area contributed by atoms with Crippen molar-refractivity contribution in [2.24, 2.45) is 0 Å². The van der Waals surface area contributed by atoms with Crippen molar-refractivity contribution in [3.8, 4) is 11.5 Å². The lowest BCUT2D eigenvalue weighted by Crippen LogP contribution is -2.18. The van der Waals surface area contributed by atoms with Crippen LogP contribution in [0, 0.1) is 0 Å². The van der Waals surface area contributed by atoms with Crippen LogP contribution in [0.3, 0.4) is 0 Å². The highest BCUT2D eigenvalue weighted by Crippen LogP contribution is 2.33. The Hall–Kier alpha value is -3.36. The van der Waals surface area contributed by atoms with Crippen molar-refractivity contribution in [1.29, 1.82) is 0 Å². The Morgan fingerprint density at radius 1 is 0.727 bits per heavy atom. The average Bonchev–Trinajstić information content (AvgIpc) is 2.79. The van der Waals surface area contributed by atoms with E-state index >= 15 is 0 Å². The zero-order valence-corrected chi connectivity index (χ0v) is 18.9. The summed E-state index contributed by atoms with van der Waals surface area (Å²) in [6.07, 6.45) is 2.39. The number of hydrogen-bond acceptors (Lipinski definition) is 6. The Bertz CT molecular complexity index is 799. The highest BCUT2D eigenvalue weighted by molar-refractivity contribution is 5.89. The van der Waals surface area contributed by atoms with Crippen molar-refractivity contribution >= 4 is 11.9 Å². The van der Waals surface area contributed by atoms with E-state index in [0.29, 0.717) is 38.2 Å². The van der Waals surface area contributed by atoms with Gasteiger partial charge in [-0.05, 0) is 35.4 Å². The van der Waals surface area contributed by atoms with Gasteiger partial charge in [0.05, 0.1) is 13.2 Å². The molecule has 8 heteroatoms. The summed E-state index contributed by atoms with van der Waals surface area (Å²) in [7, 11) is 0. The number of carboxylic acid groups (broad SMARTS) is 2. The van der Waals surface area contributed by atoms with Crippen LogP contribution in [0.4, 0.5) is 0 Å². The van der Waals surface area contributed by atoms with E-state index in [0.717, 1.165) is 11.5 Å². The van der Waals surface area contributed by atoms with Crippen molar-refractivity contribution in [3.63, 3.8) is 0 Å². The minimum Gasteiger partial charge on any atom is -0.494 e. The molecule has 2 aromatic carbocycles. The zero-order chi connectivity index (χ0) is 24.7. The average molecular weight is 461 g/mol. The van der Waals surface area contributed by atoms with Gasteiger partial charge in [0.2, 0.25) is 0 Å². The molecular formula is C25H32O8. The van der Waals surface area contributed by atoms with Gasteiger partial charge in [-0.25, -0.2) is 9.59 Å². The van der Waals surface area contributed by atoms with E-state index in [4.69, 9.17) is 29.9 Å². The predicted octanol–water partition coefficient (Wildman–Crippen LogP) is 3.25. The van der Waals surface area contributed by atoms with E-state index < -0.39 is 11.9 Å². The lowest BCUT2D eigenvalue weighted by atomic mass is 9.78. The third kappa shape index (κ3) is 10.7. The van der Waals surface area contributed by atoms with Crippen molar-refractivity contribution in [2.45, 2.75) is 32.1 Å². The molecule has 0 saturated heterocycles. The fourth-order valence-electron chi connectivity index (χ4n) is 2.75. The monoisotopic (exact) mass is 460 g/mol. The minimum absolute atomic E-state index is 0.132. The van der Waals surface area contributed by atoms with E-state index in [9.17, 15) is 9.59 Å². The van der Waals surface area contributed by atoms with Crippen molar-refractivity contribution in [3.05, 3.63) is 71.8 Å². The van der Waals surface area contributed by atoms with Gasteiger partial charge in [0.25, 0.3) is 0 Å². The summed E-state index contributed by atoms with van der Waals surface area (Å²) in [5.41, 5.74) is 2.28. The quantitative estimate of drug-likeness (QED) is 0.280. The molecule has 0 spiro atoms. The zero-order valence-electron chi connectivity index (χ0n) is 18.9. The number of aliphatic hydroxyl groups excluding tert-OH is 2. The fourth-order valence-corrected chi connectivity index (χ4v) is 2.75. The number of carboxylic acids is 2. The van der Waals surface area contributed by atoms with Crippen LogP contribution in [-0.4, -0.2) is 58.8 Å². The molecular weight excluding hydrogens is 428 g/mol. The summed E-state index contributed by atoms with van der Waals surface area (Å²) < 4.78 is 11.2. The molecule has 2 aromatic rings. The van der Waals surface area contributed by atoms with Crippen molar-refractivity contribution < 1.29 is 39.5 Å². The summed E-state index contributed by atoms with van der Waals surface area (Å²) in [6, 6.07) is 16.2. The Kier molecular flexibility index (Phi) is 12.3. The largest absolute Gasteiger partial charge is 0.494 e. The van der Waals surface area contributed by atoms with Gasteiger partial charge in [-0.3, -0.25) is 0 Å². The predicted molar refractivity (Wildman–Crippen MR) is 124 cm³/mol. The SMILES string of the molecule is CC(C)(c1ccc(OCCCO)cc1)c1ccc(OCCCO)cc1.O=C(O)/C=C/C(=O)O. The van der Waals surface area contributed by atoms with E-state index in [2.05, 4.69) is 38.1 Å². The molecule has 0 saturated carbocycles. The first-order valence-corrected chi connectivity index (χ1v) is 10.5. The Labute approximate surface area is 193 Å². The Morgan fingerprint density at radius 2 is 1.06 bits per heavy atom. The molecule has 4 N–H and O–H groups in total. The van der Waals surface area contributed by atoms with Gasteiger partial charge in [0.1, 0.15) is 11.5 Å². The van der Waals surface area contributed by atoms with Crippen molar-refractivity contribution in [1.82, 2.24) is 0 Å². The standard InChI is InChI=1S/C21H28O4.C4H4O4/c1-21(2,17-5-9-19(10-6-17)24-15-3-13-22)18-7-11-20(12-8-18)25-16-4-14-23;5-3(6)1-2-4(7)8/h5-12,22-23H,3-4,13-16H2,1-2H3;1-2H,(H,5,6)(H,7,8)/b;2-1+. The molecule has 0 aliphatic rings. The second-order valence-corrected chi connectivity index (χ2v) is 7.53. The number of hydrogen-bond donors (Lipinski definition) is 4. The summed E-state index contributed by atoms with van der Waals surface area (Å²) in [6.45, 7) is 5.72. The first-order chi connectivity index (χ1) is 15.7. The number of aliphatic carboxylic acids is 2. The van der Waals surface area contributed by atoms with Crippen LogP contribution in [0.5, 0.6) is 11.5 Å². The first-order valence-electron chi connectivity index (χ1n) is 10.5. The van der Waals surface area contributed by atoms with E-state index in [-0.39, 0.29) is 18.6 Å². The first kappa shape index (κ1) is 27.7. The molecule has 0 fully saturated rings. The topological polar surface area (TPSA) is 134 Å². The molecule has 2 rings (SSSR count).